The molecule has 0 amide bonds. The molecule has 0 saturated carbocycles. The summed E-state index contributed by atoms with van der Waals surface area (Å²) in [6.45, 7) is 10.9. The van der Waals surface area contributed by atoms with Crippen molar-refractivity contribution in [3.8, 4) is 0 Å². The number of rotatable bonds is 7. The minimum Gasteiger partial charge on any atom is -0.355 e. The fourth-order valence-electron chi connectivity index (χ4n) is 3.42. The van der Waals surface area contributed by atoms with E-state index in [0.29, 0.717) is 12.6 Å². The molecule has 1 atom stereocenters. The summed E-state index contributed by atoms with van der Waals surface area (Å²) in [6, 6.07) is 2.74. The highest BCUT2D eigenvalue weighted by molar-refractivity contribution is 14.0. The summed E-state index contributed by atoms with van der Waals surface area (Å²) in [6.07, 6.45) is 2.54. The molecule has 2 aromatic heterocycles. The summed E-state index contributed by atoms with van der Waals surface area (Å²) >= 11 is 1.78. The smallest absolute Gasteiger partial charge is 0.192 e. The van der Waals surface area contributed by atoms with Crippen molar-refractivity contribution in [1.82, 2.24) is 30.3 Å². The van der Waals surface area contributed by atoms with Crippen molar-refractivity contribution in [2.45, 2.75) is 52.7 Å². The van der Waals surface area contributed by atoms with Crippen LogP contribution < -0.4 is 10.6 Å². The van der Waals surface area contributed by atoms with Gasteiger partial charge in [0.15, 0.2) is 11.8 Å². The Morgan fingerprint density at radius 2 is 2.14 bits per heavy atom. The number of nitrogens with one attached hydrogen (secondary N) is 2. The van der Waals surface area contributed by atoms with Crippen molar-refractivity contribution in [2.24, 2.45) is 12.0 Å². The fourth-order valence-corrected chi connectivity index (χ4v) is 4.26. The van der Waals surface area contributed by atoms with Crippen LogP contribution in [0.15, 0.2) is 16.4 Å². The lowest BCUT2D eigenvalue weighted by atomic mass is 10.2. The third-order valence-corrected chi connectivity index (χ3v) is 6.38. The first-order chi connectivity index (χ1) is 13.1. The van der Waals surface area contributed by atoms with Gasteiger partial charge in [0.2, 0.25) is 0 Å². The standard InChI is InChI=1S/C19H31N7S.HI/c1-5-26-9-6-7-16(26)11-20-19(21-12-17-14(2)8-10-27-17)22-13-18-24-23-15(3)25(18)4;/h8,10,16H,5-7,9,11-13H2,1-4H3,(H2,20,21,22);1H. The summed E-state index contributed by atoms with van der Waals surface area (Å²) in [5, 5.41) is 17.5. The Bertz CT molecular complexity index is 770. The topological polar surface area (TPSA) is 70.4 Å². The van der Waals surface area contributed by atoms with Crippen LogP contribution in [0.5, 0.6) is 0 Å². The Labute approximate surface area is 189 Å². The van der Waals surface area contributed by atoms with Crippen molar-refractivity contribution in [3.05, 3.63) is 33.5 Å². The van der Waals surface area contributed by atoms with Crippen molar-refractivity contribution in [3.63, 3.8) is 0 Å². The highest BCUT2D eigenvalue weighted by Gasteiger charge is 2.22. The number of aromatic nitrogens is 3. The van der Waals surface area contributed by atoms with Gasteiger partial charge < -0.3 is 15.2 Å². The predicted octanol–water partition coefficient (Wildman–Crippen LogP) is 2.83. The van der Waals surface area contributed by atoms with Crippen LogP contribution >= 0.6 is 35.3 Å². The third kappa shape index (κ3) is 5.90. The quantitative estimate of drug-likeness (QED) is 0.336. The second-order valence-corrected chi connectivity index (χ2v) is 8.07. The maximum atomic E-state index is 4.77. The summed E-state index contributed by atoms with van der Waals surface area (Å²) in [5.41, 5.74) is 1.32. The Hall–Kier alpha value is -1.20. The van der Waals surface area contributed by atoms with Gasteiger partial charge in [0.25, 0.3) is 0 Å². The van der Waals surface area contributed by atoms with Gasteiger partial charge in [0.05, 0.1) is 6.54 Å². The largest absolute Gasteiger partial charge is 0.355 e. The number of likely N-dealkylation sites (tertiary alicyclic amines) is 1. The van der Waals surface area contributed by atoms with Gasteiger partial charge in [-0.05, 0) is 56.8 Å². The average Bonchev–Trinajstić information content (AvgIpc) is 3.37. The Morgan fingerprint density at radius 1 is 1.32 bits per heavy atom. The number of nitrogens with zero attached hydrogens (tertiary/aromatic N) is 5. The van der Waals surface area contributed by atoms with E-state index in [4.69, 9.17) is 4.99 Å². The van der Waals surface area contributed by atoms with Crippen molar-refractivity contribution < 1.29 is 0 Å². The number of guanidine groups is 1. The second kappa shape index (κ2) is 11.1. The van der Waals surface area contributed by atoms with Gasteiger partial charge in [-0.3, -0.25) is 4.90 Å². The second-order valence-electron chi connectivity index (χ2n) is 7.07. The van der Waals surface area contributed by atoms with E-state index in [-0.39, 0.29) is 24.0 Å². The Morgan fingerprint density at radius 3 is 2.79 bits per heavy atom. The van der Waals surface area contributed by atoms with Crippen LogP contribution in [-0.2, 0) is 20.1 Å². The van der Waals surface area contributed by atoms with Gasteiger partial charge in [-0.2, -0.15) is 0 Å². The van der Waals surface area contributed by atoms with E-state index in [1.165, 1.54) is 29.8 Å². The molecule has 0 aliphatic carbocycles. The molecule has 156 valence electrons. The molecule has 9 heteroatoms. The molecule has 0 spiro atoms. The summed E-state index contributed by atoms with van der Waals surface area (Å²) in [5.74, 6) is 2.62. The molecule has 3 rings (SSSR count). The number of aliphatic imine (C=N–C) groups is 1. The van der Waals surface area contributed by atoms with Crippen molar-refractivity contribution >= 4 is 41.3 Å². The molecule has 1 fully saturated rings. The van der Waals surface area contributed by atoms with Crippen molar-refractivity contribution in [1.29, 1.82) is 0 Å². The molecule has 7 nitrogen and oxygen atoms in total. The number of hydrogen-bond acceptors (Lipinski definition) is 5. The highest BCUT2D eigenvalue weighted by atomic mass is 127. The highest BCUT2D eigenvalue weighted by Crippen LogP contribution is 2.16. The molecule has 1 unspecified atom stereocenters. The minimum atomic E-state index is 0. The molecule has 28 heavy (non-hydrogen) atoms. The van der Waals surface area contributed by atoms with Crippen LogP contribution in [0.2, 0.25) is 0 Å². The predicted molar refractivity (Wildman–Crippen MR) is 126 cm³/mol. The lowest BCUT2D eigenvalue weighted by Crippen LogP contribution is -2.44. The molecule has 0 bridgehead atoms. The maximum Gasteiger partial charge on any atom is 0.192 e. The molecule has 0 radical (unpaired) electrons. The molecule has 0 aromatic carbocycles. The van der Waals surface area contributed by atoms with Gasteiger partial charge in [-0.1, -0.05) is 6.92 Å². The minimum absolute atomic E-state index is 0. The zero-order chi connectivity index (χ0) is 19.2. The van der Waals surface area contributed by atoms with Gasteiger partial charge in [-0.15, -0.1) is 45.5 Å². The van der Waals surface area contributed by atoms with Crippen molar-refractivity contribution in [2.75, 3.05) is 19.6 Å². The number of hydrogen-bond donors (Lipinski definition) is 2. The van der Waals surface area contributed by atoms with Crippen LogP contribution in [-0.4, -0.2) is 51.3 Å². The first-order valence-corrected chi connectivity index (χ1v) is 10.6. The summed E-state index contributed by atoms with van der Waals surface area (Å²) in [4.78, 5) is 8.65. The fraction of sp³-hybridized carbons (Fsp3) is 0.632. The number of aryl methyl sites for hydroxylation is 2. The summed E-state index contributed by atoms with van der Waals surface area (Å²) < 4.78 is 1.99. The number of likely N-dealkylation sites (N-methyl/N-ethyl adjacent to an activating group) is 1. The van der Waals surface area contributed by atoms with E-state index in [0.717, 1.165) is 37.2 Å². The average molecular weight is 517 g/mol. The third-order valence-electron chi connectivity index (χ3n) is 5.36. The first kappa shape index (κ1) is 23.1. The van der Waals surface area contributed by atoms with E-state index in [9.17, 15) is 0 Å². The van der Waals surface area contributed by atoms with Crippen LogP contribution in [0.4, 0.5) is 0 Å². The van der Waals surface area contributed by atoms with Crippen LogP contribution in [0.25, 0.3) is 0 Å². The SMILES string of the molecule is CCN1CCCC1CNC(=NCc1nnc(C)n1C)NCc1sccc1C.I. The van der Waals surface area contributed by atoms with Crippen LogP contribution in [0, 0.1) is 13.8 Å². The summed E-state index contributed by atoms with van der Waals surface area (Å²) in [7, 11) is 1.98. The van der Waals surface area contributed by atoms with Crippen LogP contribution in [0.1, 0.15) is 41.9 Å². The molecule has 2 N–H and O–H groups in total. The van der Waals surface area contributed by atoms with E-state index >= 15 is 0 Å². The van der Waals surface area contributed by atoms with Gasteiger partial charge in [0.1, 0.15) is 12.4 Å². The van der Waals surface area contributed by atoms with E-state index in [1.54, 1.807) is 11.3 Å². The lowest BCUT2D eigenvalue weighted by Gasteiger charge is -2.24. The van der Waals surface area contributed by atoms with Gasteiger partial charge in [-0.25, -0.2) is 4.99 Å². The van der Waals surface area contributed by atoms with Gasteiger partial charge >= 0.3 is 0 Å². The van der Waals surface area contributed by atoms with E-state index in [2.05, 4.69) is 51.0 Å². The number of thiophene rings is 1. The molecule has 1 aliphatic rings. The Kier molecular flexibility index (Phi) is 9.16. The molecular formula is C19H32IN7S. The maximum absolute atomic E-state index is 4.77. The van der Waals surface area contributed by atoms with Gasteiger partial charge in [0, 0.05) is 24.5 Å². The normalized spacial score (nSPS) is 17.6. The molecule has 1 saturated heterocycles. The first-order valence-electron chi connectivity index (χ1n) is 9.72. The van der Waals surface area contributed by atoms with E-state index < -0.39 is 0 Å². The lowest BCUT2D eigenvalue weighted by molar-refractivity contribution is 0.267. The zero-order valence-electron chi connectivity index (χ0n) is 17.2. The van der Waals surface area contributed by atoms with Crippen LogP contribution in [0.3, 0.4) is 0 Å². The molecule has 1 aliphatic heterocycles. The Balaban J connectivity index is 0.00000280. The monoisotopic (exact) mass is 517 g/mol. The molecule has 3 heterocycles. The van der Waals surface area contributed by atoms with E-state index in [1.807, 2.05) is 18.5 Å². The molecule has 2 aromatic rings. The molecular weight excluding hydrogens is 485 g/mol. The number of halogens is 1. The zero-order valence-corrected chi connectivity index (χ0v) is 20.4.